The number of halogens is 1. The van der Waals surface area contributed by atoms with Crippen molar-refractivity contribution in [2.75, 3.05) is 30.3 Å². The molecule has 5 N–H and O–H groups in total. The van der Waals surface area contributed by atoms with Crippen LogP contribution < -0.4 is 21.3 Å². The maximum atomic E-state index is 12.5. The second-order valence-corrected chi connectivity index (χ2v) is 6.96. The molecule has 1 aromatic heterocycles. The van der Waals surface area contributed by atoms with Gasteiger partial charge in [-0.3, -0.25) is 9.89 Å². The number of nitrogens with one attached hydrogen (secondary N) is 5. The Morgan fingerprint density at radius 1 is 1.17 bits per heavy atom. The summed E-state index contributed by atoms with van der Waals surface area (Å²) < 4.78 is 5.48. The van der Waals surface area contributed by atoms with E-state index in [4.69, 9.17) is 4.74 Å². The van der Waals surface area contributed by atoms with E-state index in [2.05, 4.69) is 31.5 Å². The van der Waals surface area contributed by atoms with Gasteiger partial charge in [0.05, 0.1) is 6.10 Å². The molecule has 9 nitrogen and oxygen atoms in total. The van der Waals surface area contributed by atoms with Crippen molar-refractivity contribution in [2.45, 2.75) is 31.9 Å². The maximum absolute atomic E-state index is 12.5. The number of fused-ring (bicyclic) bond motifs is 1. The highest BCUT2D eigenvalue weighted by Gasteiger charge is 2.21. The van der Waals surface area contributed by atoms with Crippen LogP contribution >= 0.6 is 12.4 Å². The van der Waals surface area contributed by atoms with E-state index in [0.717, 1.165) is 43.7 Å². The number of nitrogens with zero attached hydrogens (tertiary/aromatic N) is 1. The summed E-state index contributed by atoms with van der Waals surface area (Å²) in [5.41, 5.74) is 3.63. The van der Waals surface area contributed by atoms with Crippen LogP contribution in [0.1, 0.15) is 34.6 Å². The molecular weight excluding hydrogens is 396 g/mol. The quantitative estimate of drug-likeness (QED) is 0.507. The van der Waals surface area contributed by atoms with E-state index in [0.29, 0.717) is 30.2 Å². The Morgan fingerprint density at radius 2 is 1.93 bits per heavy atom. The highest BCUT2D eigenvalue weighted by molar-refractivity contribution is 6.04. The molecule has 1 unspecified atom stereocenters. The van der Waals surface area contributed by atoms with Gasteiger partial charge in [0.2, 0.25) is 0 Å². The van der Waals surface area contributed by atoms with E-state index in [1.165, 1.54) is 0 Å². The lowest BCUT2D eigenvalue weighted by Gasteiger charge is -2.13. The minimum absolute atomic E-state index is 0. The van der Waals surface area contributed by atoms with Crippen LogP contribution in [0.4, 0.5) is 16.2 Å². The molecule has 0 aliphatic carbocycles. The third kappa shape index (κ3) is 5.26. The van der Waals surface area contributed by atoms with Gasteiger partial charge in [-0.05, 0) is 37.1 Å². The third-order valence-corrected chi connectivity index (χ3v) is 4.94. The van der Waals surface area contributed by atoms with Crippen LogP contribution in [-0.2, 0) is 17.7 Å². The van der Waals surface area contributed by atoms with Crippen LogP contribution in [0.2, 0.25) is 0 Å². The molecule has 2 aliphatic rings. The number of hydrogen-bond donors (Lipinski definition) is 5. The zero-order chi connectivity index (χ0) is 19.3. The van der Waals surface area contributed by atoms with E-state index >= 15 is 0 Å². The van der Waals surface area contributed by atoms with Gasteiger partial charge in [-0.25, -0.2) is 4.79 Å². The van der Waals surface area contributed by atoms with Crippen LogP contribution in [0.5, 0.6) is 0 Å². The summed E-state index contributed by atoms with van der Waals surface area (Å²) in [6.07, 6.45) is 2.96. The fourth-order valence-electron chi connectivity index (χ4n) is 3.43. The number of ether oxygens (including phenoxy) is 1. The number of urea groups is 1. The molecule has 1 fully saturated rings. The molecule has 1 saturated heterocycles. The van der Waals surface area contributed by atoms with Crippen molar-refractivity contribution in [3.63, 3.8) is 0 Å². The molecule has 156 valence electrons. The zero-order valence-corrected chi connectivity index (χ0v) is 16.7. The summed E-state index contributed by atoms with van der Waals surface area (Å²) in [6.45, 7) is 2.78. The number of aromatic nitrogens is 2. The predicted molar refractivity (Wildman–Crippen MR) is 112 cm³/mol. The Kier molecular flexibility index (Phi) is 7.08. The lowest BCUT2D eigenvalue weighted by molar-refractivity contribution is 0.102. The minimum Gasteiger partial charge on any atom is -0.376 e. The number of rotatable bonds is 5. The average molecular weight is 421 g/mol. The van der Waals surface area contributed by atoms with Crippen LogP contribution in [-0.4, -0.2) is 47.9 Å². The Bertz CT molecular complexity index is 848. The van der Waals surface area contributed by atoms with Crippen molar-refractivity contribution < 1.29 is 14.3 Å². The molecule has 3 heterocycles. The predicted octanol–water partition coefficient (Wildman–Crippen LogP) is 2.03. The van der Waals surface area contributed by atoms with Crippen molar-refractivity contribution in [3.05, 3.63) is 41.2 Å². The van der Waals surface area contributed by atoms with Gasteiger partial charge < -0.3 is 26.0 Å². The van der Waals surface area contributed by atoms with Gasteiger partial charge in [-0.2, -0.15) is 5.10 Å². The summed E-state index contributed by atoms with van der Waals surface area (Å²) in [5, 5.41) is 18.8. The Morgan fingerprint density at radius 3 is 2.66 bits per heavy atom. The third-order valence-electron chi connectivity index (χ3n) is 4.94. The topological polar surface area (TPSA) is 120 Å². The lowest BCUT2D eigenvalue weighted by Crippen LogP contribution is -2.35. The molecule has 4 rings (SSSR count). The number of amides is 3. The SMILES string of the molecule is Cl.O=C(NCC1CCCO1)Nc1ccc(NC(=O)c2n[nH]c3c2CNCC3)cc1. The van der Waals surface area contributed by atoms with Gasteiger partial charge in [-0.1, -0.05) is 0 Å². The highest BCUT2D eigenvalue weighted by Crippen LogP contribution is 2.18. The summed E-state index contributed by atoms with van der Waals surface area (Å²) in [6, 6.07) is 6.68. The molecule has 3 amide bonds. The van der Waals surface area contributed by atoms with Crippen molar-refractivity contribution in [1.82, 2.24) is 20.8 Å². The van der Waals surface area contributed by atoms with Crippen molar-refractivity contribution in [1.29, 1.82) is 0 Å². The molecular formula is C19H25ClN6O3. The number of benzene rings is 1. The molecule has 0 saturated carbocycles. The smallest absolute Gasteiger partial charge is 0.319 e. The molecule has 2 aromatic rings. The van der Waals surface area contributed by atoms with Crippen LogP contribution in [0.3, 0.4) is 0 Å². The minimum atomic E-state index is -0.275. The van der Waals surface area contributed by atoms with E-state index < -0.39 is 0 Å². The van der Waals surface area contributed by atoms with Crippen molar-refractivity contribution in [3.8, 4) is 0 Å². The van der Waals surface area contributed by atoms with Gasteiger partial charge in [0.25, 0.3) is 5.91 Å². The monoisotopic (exact) mass is 420 g/mol. The fraction of sp³-hybridized carbons (Fsp3) is 0.421. The zero-order valence-electron chi connectivity index (χ0n) is 15.9. The van der Waals surface area contributed by atoms with Crippen LogP contribution in [0, 0.1) is 0 Å². The number of carbonyl (C=O) groups excluding carboxylic acids is 2. The summed E-state index contributed by atoms with van der Waals surface area (Å²) in [7, 11) is 0. The number of aromatic amines is 1. The number of carbonyl (C=O) groups is 2. The average Bonchev–Trinajstić information content (AvgIpc) is 3.37. The first kappa shape index (κ1) is 21.1. The first-order valence-corrected chi connectivity index (χ1v) is 9.54. The van der Waals surface area contributed by atoms with E-state index in [1.807, 2.05) is 0 Å². The van der Waals surface area contributed by atoms with E-state index in [9.17, 15) is 9.59 Å². The van der Waals surface area contributed by atoms with Gasteiger partial charge in [0.1, 0.15) is 0 Å². The molecule has 0 spiro atoms. The number of anilines is 2. The largest absolute Gasteiger partial charge is 0.376 e. The molecule has 29 heavy (non-hydrogen) atoms. The van der Waals surface area contributed by atoms with Gasteiger partial charge in [-0.15, -0.1) is 12.4 Å². The second kappa shape index (κ2) is 9.73. The normalized spacial score (nSPS) is 17.7. The van der Waals surface area contributed by atoms with Crippen molar-refractivity contribution >= 4 is 35.7 Å². The molecule has 1 atom stereocenters. The van der Waals surface area contributed by atoms with Crippen molar-refractivity contribution in [2.24, 2.45) is 0 Å². The Balaban J connectivity index is 0.00000240. The lowest BCUT2D eigenvalue weighted by atomic mass is 10.1. The molecule has 0 bridgehead atoms. The van der Waals surface area contributed by atoms with Gasteiger partial charge in [0, 0.05) is 55.3 Å². The maximum Gasteiger partial charge on any atom is 0.319 e. The summed E-state index contributed by atoms with van der Waals surface area (Å²) in [5.74, 6) is -0.254. The standard InChI is InChI=1S/C19H24N6O3.ClH/c26-18(17-15-11-20-8-7-16(15)24-25-17)22-12-3-5-13(6-4-12)23-19(27)21-10-14-2-1-9-28-14;/h3-6,14,20H,1-2,7-11H2,(H,22,26)(H,24,25)(H2,21,23,27);1H. The first-order chi connectivity index (χ1) is 13.7. The van der Waals surface area contributed by atoms with Gasteiger partial charge >= 0.3 is 6.03 Å². The van der Waals surface area contributed by atoms with E-state index in [1.54, 1.807) is 24.3 Å². The molecule has 1 aromatic carbocycles. The Labute approximate surface area is 174 Å². The van der Waals surface area contributed by atoms with E-state index in [-0.39, 0.29) is 30.4 Å². The molecule has 2 aliphatic heterocycles. The molecule has 0 radical (unpaired) electrons. The summed E-state index contributed by atoms with van der Waals surface area (Å²) in [4.78, 5) is 24.5. The second-order valence-electron chi connectivity index (χ2n) is 6.96. The van der Waals surface area contributed by atoms with Crippen LogP contribution in [0.15, 0.2) is 24.3 Å². The van der Waals surface area contributed by atoms with Crippen LogP contribution in [0.25, 0.3) is 0 Å². The molecule has 10 heteroatoms. The van der Waals surface area contributed by atoms with Gasteiger partial charge in [0.15, 0.2) is 5.69 Å². The highest BCUT2D eigenvalue weighted by atomic mass is 35.5. The Hall–Kier alpha value is -2.62. The first-order valence-electron chi connectivity index (χ1n) is 9.54. The fourth-order valence-corrected chi connectivity index (χ4v) is 3.43. The number of H-pyrrole nitrogens is 1. The summed E-state index contributed by atoms with van der Waals surface area (Å²) >= 11 is 0. The number of hydrogen-bond acceptors (Lipinski definition) is 5.